The average Bonchev–Trinajstić information content (AvgIpc) is 3.08. The van der Waals surface area contributed by atoms with Crippen molar-refractivity contribution in [2.75, 3.05) is 39.0 Å². The minimum Gasteiger partial charge on any atom is -0.384 e. The van der Waals surface area contributed by atoms with Gasteiger partial charge in [0, 0.05) is 31.2 Å². The zero-order valence-corrected chi connectivity index (χ0v) is 17.0. The van der Waals surface area contributed by atoms with Crippen LogP contribution < -0.4 is 10.6 Å². The van der Waals surface area contributed by atoms with Gasteiger partial charge in [-0.05, 0) is 65.0 Å². The second-order valence-electron chi connectivity index (χ2n) is 6.33. The van der Waals surface area contributed by atoms with Crippen LogP contribution in [0.15, 0.2) is 45.1 Å². The van der Waals surface area contributed by atoms with Crippen molar-refractivity contribution < 1.29 is 4.39 Å². The van der Waals surface area contributed by atoms with Crippen LogP contribution >= 0.6 is 0 Å². The van der Waals surface area contributed by atoms with E-state index in [1.165, 1.54) is 12.4 Å². The van der Waals surface area contributed by atoms with Gasteiger partial charge in [-0.1, -0.05) is 0 Å². The van der Waals surface area contributed by atoms with Gasteiger partial charge in [-0.25, -0.2) is 14.4 Å². The van der Waals surface area contributed by atoms with Crippen LogP contribution in [0, 0.1) is 5.82 Å². The molecule has 0 atom stereocenters. The Kier molecular flexibility index (Phi) is 10.6. The Hall–Kier alpha value is -2.54. The molecule has 27 heavy (non-hydrogen) atoms. The quantitative estimate of drug-likeness (QED) is 0.593. The molecule has 1 aliphatic heterocycles. The molecule has 0 unspecified atom stereocenters. The van der Waals surface area contributed by atoms with Gasteiger partial charge < -0.3 is 15.5 Å². The number of hydrogen-bond acceptors (Lipinski definition) is 4. The molecule has 0 spiro atoms. The number of allylic oxidation sites excluding steroid dienone is 1. The largest absolute Gasteiger partial charge is 0.384 e. The average molecular weight is 375 g/mol. The highest BCUT2D eigenvalue weighted by molar-refractivity contribution is 5.80. The summed E-state index contributed by atoms with van der Waals surface area (Å²) in [5.41, 5.74) is 3.04. The molecule has 1 aromatic carbocycles. The van der Waals surface area contributed by atoms with Crippen molar-refractivity contribution in [2.24, 2.45) is 15.0 Å². The van der Waals surface area contributed by atoms with E-state index in [1.807, 2.05) is 41.1 Å². The molecule has 2 rings (SSSR count). The number of anilines is 1. The number of aliphatic imine (C=N–C) groups is 3. The van der Waals surface area contributed by atoms with E-state index in [1.54, 1.807) is 18.3 Å². The zero-order chi connectivity index (χ0) is 20.1. The smallest absolute Gasteiger partial charge is 0.123 e. The maximum Gasteiger partial charge on any atom is 0.123 e. The second-order valence-corrected chi connectivity index (χ2v) is 6.33. The van der Waals surface area contributed by atoms with E-state index in [-0.39, 0.29) is 5.82 Å². The van der Waals surface area contributed by atoms with Crippen LogP contribution in [0.3, 0.4) is 0 Å². The van der Waals surface area contributed by atoms with Crippen molar-refractivity contribution in [1.82, 2.24) is 10.2 Å². The molecule has 0 aliphatic carbocycles. The lowest BCUT2D eigenvalue weighted by atomic mass is 10.2. The van der Waals surface area contributed by atoms with Gasteiger partial charge in [-0.2, -0.15) is 0 Å². The summed E-state index contributed by atoms with van der Waals surface area (Å²) in [6.45, 7) is 8.38. The maximum absolute atomic E-state index is 12.5. The van der Waals surface area contributed by atoms with E-state index < -0.39 is 0 Å². The fourth-order valence-electron chi connectivity index (χ4n) is 2.17. The van der Waals surface area contributed by atoms with E-state index >= 15 is 0 Å². The first kappa shape index (κ1) is 22.5. The molecule has 0 saturated carbocycles. The van der Waals surface area contributed by atoms with Crippen LogP contribution in [0.4, 0.5) is 10.1 Å². The summed E-state index contributed by atoms with van der Waals surface area (Å²) >= 11 is 0. The summed E-state index contributed by atoms with van der Waals surface area (Å²) in [6, 6.07) is 4.87. The number of nitrogens with one attached hydrogen (secondary N) is 2. The maximum atomic E-state index is 12.5. The van der Waals surface area contributed by atoms with Crippen LogP contribution in [0.25, 0.3) is 0 Å². The Morgan fingerprint density at radius 2 is 2.11 bits per heavy atom. The van der Waals surface area contributed by atoms with Gasteiger partial charge in [0.2, 0.25) is 0 Å². The second kappa shape index (κ2) is 12.8. The first-order valence-electron chi connectivity index (χ1n) is 9.04. The highest BCUT2D eigenvalue weighted by atomic mass is 19.1. The summed E-state index contributed by atoms with van der Waals surface area (Å²) in [5.74, 6) is 0.753. The highest BCUT2D eigenvalue weighted by Gasteiger charge is 2.08. The fraction of sp³-hybridized carbons (Fsp3) is 0.450. The molecule has 1 aromatic rings. The predicted molar refractivity (Wildman–Crippen MR) is 115 cm³/mol. The Morgan fingerprint density at radius 1 is 1.33 bits per heavy atom. The van der Waals surface area contributed by atoms with Crippen LogP contribution in [0.1, 0.15) is 26.3 Å². The molecule has 1 aliphatic rings. The van der Waals surface area contributed by atoms with E-state index in [0.717, 1.165) is 48.8 Å². The third-order valence-corrected chi connectivity index (χ3v) is 3.64. The van der Waals surface area contributed by atoms with Gasteiger partial charge in [0.25, 0.3) is 0 Å². The Morgan fingerprint density at radius 3 is 2.81 bits per heavy atom. The third-order valence-electron chi connectivity index (χ3n) is 3.64. The zero-order valence-electron chi connectivity index (χ0n) is 17.0. The normalized spacial score (nSPS) is 14.3. The number of benzene rings is 1. The van der Waals surface area contributed by atoms with Gasteiger partial charge >= 0.3 is 0 Å². The summed E-state index contributed by atoms with van der Waals surface area (Å²) in [7, 11) is 4.07. The standard InChI is InChI=1S/C12H23N5.C8H8FN/c1-6-13-10-16-11(2)9-15-12(3)14-7-8-17(4)5;9-7-1-2-8-6(5-7)3-4-10-8/h6,9-10H,7-8H2,1-5H3,(H,14,15);1-2,5,10H,3-4H2/b11-9+,13-6?,16-10?;. The van der Waals surface area contributed by atoms with Gasteiger partial charge in [-0.15, -0.1) is 0 Å². The molecule has 0 saturated heterocycles. The SMILES string of the molecule is CC=NC=N/C(C)=C/NC(C)=NCCN(C)C.Fc1ccc2c(c1)CCN2. The lowest BCUT2D eigenvalue weighted by Gasteiger charge is -2.07. The van der Waals surface area contributed by atoms with E-state index in [9.17, 15) is 4.39 Å². The third kappa shape index (κ3) is 10.3. The monoisotopic (exact) mass is 374 g/mol. The number of rotatable bonds is 6. The first-order chi connectivity index (χ1) is 12.9. The van der Waals surface area contributed by atoms with E-state index in [4.69, 9.17) is 0 Å². The first-order valence-corrected chi connectivity index (χ1v) is 9.04. The van der Waals surface area contributed by atoms with Crippen LogP contribution in [0.5, 0.6) is 0 Å². The predicted octanol–water partition coefficient (Wildman–Crippen LogP) is 3.33. The van der Waals surface area contributed by atoms with Crippen LogP contribution in [-0.2, 0) is 6.42 Å². The molecule has 148 valence electrons. The summed E-state index contributed by atoms with van der Waals surface area (Å²) < 4.78 is 12.5. The summed E-state index contributed by atoms with van der Waals surface area (Å²) in [4.78, 5) is 14.5. The molecular formula is C20H31FN6. The Balaban J connectivity index is 0.000000303. The van der Waals surface area contributed by atoms with Crippen LogP contribution in [-0.4, -0.2) is 57.0 Å². The number of halogens is 1. The molecule has 6 nitrogen and oxygen atoms in total. The van der Waals surface area contributed by atoms with Gasteiger partial charge in [0.05, 0.1) is 18.1 Å². The molecule has 7 heteroatoms. The number of amidine groups is 1. The number of fused-ring (bicyclic) bond motifs is 1. The molecule has 0 fully saturated rings. The number of likely N-dealkylation sites (N-methyl/N-ethyl adjacent to an activating group) is 1. The molecule has 0 amide bonds. The van der Waals surface area contributed by atoms with E-state index in [0.29, 0.717) is 0 Å². The van der Waals surface area contributed by atoms with Gasteiger partial charge in [0.15, 0.2) is 0 Å². The minimum absolute atomic E-state index is 0.137. The lowest BCUT2D eigenvalue weighted by molar-refractivity contribution is 0.420. The van der Waals surface area contributed by atoms with Crippen molar-refractivity contribution in [3.63, 3.8) is 0 Å². The number of nitrogens with zero attached hydrogens (tertiary/aromatic N) is 4. The molecule has 2 N–H and O–H groups in total. The van der Waals surface area contributed by atoms with Crippen molar-refractivity contribution >= 4 is 24.1 Å². The topological polar surface area (TPSA) is 64.4 Å². The molecule has 1 heterocycles. The Labute approximate surface area is 162 Å². The molecule has 0 radical (unpaired) electrons. The molecule has 0 bridgehead atoms. The van der Waals surface area contributed by atoms with E-state index in [2.05, 4.69) is 30.5 Å². The fourth-order valence-corrected chi connectivity index (χ4v) is 2.17. The summed E-state index contributed by atoms with van der Waals surface area (Å²) in [5, 5.41) is 6.25. The summed E-state index contributed by atoms with van der Waals surface area (Å²) in [6.07, 6.45) is 5.98. The highest BCUT2D eigenvalue weighted by Crippen LogP contribution is 2.21. The Bertz CT molecular complexity index is 692. The van der Waals surface area contributed by atoms with Crippen LogP contribution in [0.2, 0.25) is 0 Å². The van der Waals surface area contributed by atoms with Crippen molar-refractivity contribution in [3.8, 4) is 0 Å². The van der Waals surface area contributed by atoms with Crippen molar-refractivity contribution in [3.05, 3.63) is 41.5 Å². The lowest BCUT2D eigenvalue weighted by Crippen LogP contribution is -2.19. The molecule has 0 aromatic heterocycles. The van der Waals surface area contributed by atoms with Crippen molar-refractivity contribution in [1.29, 1.82) is 0 Å². The minimum atomic E-state index is -0.137. The van der Waals surface area contributed by atoms with Crippen molar-refractivity contribution in [2.45, 2.75) is 27.2 Å². The molecular weight excluding hydrogens is 343 g/mol. The van der Waals surface area contributed by atoms with Gasteiger partial charge in [0.1, 0.15) is 12.2 Å². The van der Waals surface area contributed by atoms with Gasteiger partial charge in [-0.3, -0.25) is 4.99 Å². The number of hydrogen-bond donors (Lipinski definition) is 2.